The van der Waals surface area contributed by atoms with Crippen molar-refractivity contribution in [3.63, 3.8) is 0 Å². The fourth-order valence-corrected chi connectivity index (χ4v) is 3.30. The van der Waals surface area contributed by atoms with Gasteiger partial charge >= 0.3 is 0 Å². The van der Waals surface area contributed by atoms with Gasteiger partial charge in [-0.1, -0.05) is 40.0 Å². The standard InChI is InChI=1S/C15H32N2/c1-5-8-14(13-16-4)17-11-9-15(6-2,7-3)10-12-17/h14,16H,5-13H2,1-4H3. The van der Waals surface area contributed by atoms with Crippen LogP contribution < -0.4 is 5.32 Å². The number of rotatable bonds is 7. The molecule has 0 saturated carbocycles. The first-order valence-electron chi connectivity index (χ1n) is 7.60. The highest BCUT2D eigenvalue weighted by Gasteiger charge is 2.33. The Hall–Kier alpha value is -0.0800. The van der Waals surface area contributed by atoms with Gasteiger partial charge in [0.1, 0.15) is 0 Å². The zero-order valence-corrected chi connectivity index (χ0v) is 12.4. The average Bonchev–Trinajstić information content (AvgIpc) is 2.39. The first-order valence-corrected chi connectivity index (χ1v) is 7.60. The maximum absolute atomic E-state index is 3.36. The average molecular weight is 240 g/mol. The van der Waals surface area contributed by atoms with Crippen LogP contribution in [-0.2, 0) is 0 Å². The molecular weight excluding hydrogens is 208 g/mol. The zero-order valence-electron chi connectivity index (χ0n) is 12.4. The van der Waals surface area contributed by atoms with Gasteiger partial charge in [0.15, 0.2) is 0 Å². The van der Waals surface area contributed by atoms with E-state index in [1.165, 1.54) is 51.6 Å². The molecule has 2 nitrogen and oxygen atoms in total. The quantitative estimate of drug-likeness (QED) is 0.735. The van der Waals surface area contributed by atoms with Crippen molar-refractivity contribution in [3.8, 4) is 0 Å². The van der Waals surface area contributed by atoms with Crippen molar-refractivity contribution in [3.05, 3.63) is 0 Å². The Labute approximate surface area is 108 Å². The van der Waals surface area contributed by atoms with Gasteiger partial charge in [0, 0.05) is 12.6 Å². The molecule has 0 bridgehead atoms. The summed E-state index contributed by atoms with van der Waals surface area (Å²) in [5.74, 6) is 0. The van der Waals surface area contributed by atoms with E-state index in [4.69, 9.17) is 0 Å². The van der Waals surface area contributed by atoms with Crippen molar-refractivity contribution in [1.29, 1.82) is 0 Å². The normalized spacial score (nSPS) is 22.6. The van der Waals surface area contributed by atoms with Gasteiger partial charge in [-0.05, 0) is 44.8 Å². The summed E-state index contributed by atoms with van der Waals surface area (Å²) in [5, 5.41) is 3.36. The van der Waals surface area contributed by atoms with Crippen LogP contribution in [0.5, 0.6) is 0 Å². The summed E-state index contributed by atoms with van der Waals surface area (Å²) in [6.07, 6.45) is 8.18. The predicted molar refractivity (Wildman–Crippen MR) is 76.4 cm³/mol. The summed E-state index contributed by atoms with van der Waals surface area (Å²) < 4.78 is 0. The van der Waals surface area contributed by atoms with Gasteiger partial charge in [-0.3, -0.25) is 4.90 Å². The third kappa shape index (κ3) is 3.96. The number of nitrogens with one attached hydrogen (secondary N) is 1. The first kappa shape index (κ1) is 15.0. The van der Waals surface area contributed by atoms with Crippen LogP contribution in [0.4, 0.5) is 0 Å². The third-order valence-corrected chi connectivity index (χ3v) is 4.94. The molecule has 1 aliphatic heterocycles. The molecule has 0 aromatic carbocycles. The van der Waals surface area contributed by atoms with Crippen molar-refractivity contribution < 1.29 is 0 Å². The number of likely N-dealkylation sites (N-methyl/N-ethyl adjacent to an activating group) is 1. The molecule has 102 valence electrons. The molecule has 0 aliphatic carbocycles. The molecule has 0 aromatic rings. The largest absolute Gasteiger partial charge is 0.318 e. The van der Waals surface area contributed by atoms with E-state index in [-0.39, 0.29) is 0 Å². The second kappa shape index (κ2) is 7.38. The maximum atomic E-state index is 3.36. The lowest BCUT2D eigenvalue weighted by Gasteiger charge is -2.44. The van der Waals surface area contributed by atoms with Gasteiger partial charge < -0.3 is 5.32 Å². The maximum Gasteiger partial charge on any atom is 0.0220 e. The summed E-state index contributed by atoms with van der Waals surface area (Å²) in [6, 6.07) is 0.761. The predicted octanol–water partition coefficient (Wildman–Crippen LogP) is 3.28. The fraction of sp³-hybridized carbons (Fsp3) is 1.00. The molecule has 2 heteroatoms. The van der Waals surface area contributed by atoms with Crippen LogP contribution >= 0.6 is 0 Å². The molecule has 1 unspecified atom stereocenters. The van der Waals surface area contributed by atoms with Crippen LogP contribution in [0.2, 0.25) is 0 Å². The SMILES string of the molecule is CCCC(CNC)N1CCC(CC)(CC)CC1. The summed E-state index contributed by atoms with van der Waals surface area (Å²) in [4.78, 5) is 2.73. The van der Waals surface area contributed by atoms with Crippen molar-refractivity contribution in [1.82, 2.24) is 10.2 Å². The molecular formula is C15H32N2. The Kier molecular flexibility index (Phi) is 6.50. The second-order valence-electron chi connectivity index (χ2n) is 5.74. The summed E-state index contributed by atoms with van der Waals surface area (Å²) in [6.45, 7) is 10.8. The summed E-state index contributed by atoms with van der Waals surface area (Å²) in [5.41, 5.74) is 0.660. The Balaban J connectivity index is 2.48. The van der Waals surface area contributed by atoms with E-state index in [0.29, 0.717) is 5.41 Å². The topological polar surface area (TPSA) is 15.3 Å². The molecule has 0 spiro atoms. The van der Waals surface area contributed by atoms with E-state index >= 15 is 0 Å². The minimum atomic E-state index is 0.660. The molecule has 1 N–H and O–H groups in total. The highest BCUT2D eigenvalue weighted by Crippen LogP contribution is 2.38. The van der Waals surface area contributed by atoms with Crippen LogP contribution in [0.1, 0.15) is 59.3 Å². The van der Waals surface area contributed by atoms with Gasteiger partial charge in [0.25, 0.3) is 0 Å². The lowest BCUT2D eigenvalue weighted by Crippen LogP contribution is -2.48. The third-order valence-electron chi connectivity index (χ3n) is 4.94. The molecule has 1 saturated heterocycles. The molecule has 0 radical (unpaired) electrons. The number of hydrogen-bond donors (Lipinski definition) is 1. The number of nitrogens with zero attached hydrogens (tertiary/aromatic N) is 1. The van der Waals surface area contributed by atoms with E-state index in [1.54, 1.807) is 0 Å². The van der Waals surface area contributed by atoms with Crippen LogP contribution in [-0.4, -0.2) is 37.6 Å². The van der Waals surface area contributed by atoms with Crippen LogP contribution in [0.15, 0.2) is 0 Å². The molecule has 17 heavy (non-hydrogen) atoms. The molecule has 1 aliphatic rings. The minimum Gasteiger partial charge on any atom is -0.318 e. The second-order valence-corrected chi connectivity index (χ2v) is 5.74. The molecule has 0 amide bonds. The van der Waals surface area contributed by atoms with Crippen molar-refractivity contribution in [2.24, 2.45) is 5.41 Å². The number of likely N-dealkylation sites (tertiary alicyclic amines) is 1. The van der Waals surface area contributed by atoms with Crippen LogP contribution in [0, 0.1) is 5.41 Å². The highest BCUT2D eigenvalue weighted by atomic mass is 15.2. The zero-order chi connectivity index (χ0) is 12.7. The van der Waals surface area contributed by atoms with Gasteiger partial charge in [0.05, 0.1) is 0 Å². The van der Waals surface area contributed by atoms with Gasteiger partial charge in [0.2, 0.25) is 0 Å². The smallest absolute Gasteiger partial charge is 0.0220 e. The fourth-order valence-electron chi connectivity index (χ4n) is 3.30. The van der Waals surface area contributed by atoms with Gasteiger partial charge in [-0.15, -0.1) is 0 Å². The van der Waals surface area contributed by atoms with Gasteiger partial charge in [-0.2, -0.15) is 0 Å². The highest BCUT2D eigenvalue weighted by molar-refractivity contribution is 4.87. The van der Waals surface area contributed by atoms with E-state index in [9.17, 15) is 0 Å². The summed E-state index contributed by atoms with van der Waals surface area (Å²) >= 11 is 0. The van der Waals surface area contributed by atoms with Crippen molar-refractivity contribution in [2.75, 3.05) is 26.7 Å². The van der Waals surface area contributed by atoms with E-state index in [2.05, 4.69) is 38.0 Å². The molecule has 1 heterocycles. The van der Waals surface area contributed by atoms with Gasteiger partial charge in [-0.25, -0.2) is 0 Å². The van der Waals surface area contributed by atoms with Crippen molar-refractivity contribution in [2.45, 2.75) is 65.3 Å². The lowest BCUT2D eigenvalue weighted by atomic mass is 9.74. The molecule has 0 aromatic heterocycles. The number of hydrogen-bond acceptors (Lipinski definition) is 2. The van der Waals surface area contributed by atoms with Crippen molar-refractivity contribution >= 4 is 0 Å². The first-order chi connectivity index (χ1) is 8.21. The Bertz CT molecular complexity index is 183. The minimum absolute atomic E-state index is 0.660. The van der Waals surface area contributed by atoms with E-state index in [1.807, 2.05) is 0 Å². The summed E-state index contributed by atoms with van der Waals surface area (Å²) in [7, 11) is 2.08. The van der Waals surface area contributed by atoms with E-state index < -0.39 is 0 Å². The van der Waals surface area contributed by atoms with Crippen LogP contribution in [0.3, 0.4) is 0 Å². The van der Waals surface area contributed by atoms with E-state index in [0.717, 1.165) is 12.6 Å². The monoisotopic (exact) mass is 240 g/mol. The molecule has 1 atom stereocenters. The Morgan fingerprint density at radius 1 is 1.12 bits per heavy atom. The molecule has 1 fully saturated rings. The van der Waals surface area contributed by atoms with Crippen LogP contribution in [0.25, 0.3) is 0 Å². The Morgan fingerprint density at radius 2 is 1.71 bits per heavy atom. The Morgan fingerprint density at radius 3 is 2.12 bits per heavy atom. The molecule has 1 rings (SSSR count). The lowest BCUT2D eigenvalue weighted by molar-refractivity contribution is 0.0632. The number of piperidine rings is 1.